The van der Waals surface area contributed by atoms with Crippen molar-refractivity contribution in [2.45, 2.75) is 13.0 Å². The normalized spacial score (nSPS) is 16.5. The Morgan fingerprint density at radius 2 is 2.45 bits per heavy atom. The largest absolute Gasteiger partial charge is 0.312 e. The molecule has 0 unspecified atom stereocenters. The van der Waals surface area contributed by atoms with Gasteiger partial charge in [-0.1, -0.05) is 0 Å². The van der Waals surface area contributed by atoms with Crippen molar-refractivity contribution in [2.24, 2.45) is 7.05 Å². The zero-order chi connectivity index (χ0) is 7.84. The molecule has 1 aromatic rings. The van der Waals surface area contributed by atoms with Crippen LogP contribution in [0.4, 0.5) is 0 Å². The number of rotatable bonds is 0. The molecule has 0 aromatic carbocycles. The molecular formula is C7H10BrN3. The summed E-state index contributed by atoms with van der Waals surface area (Å²) < 4.78 is 2.95. The molecule has 1 aliphatic rings. The number of halogens is 1. The van der Waals surface area contributed by atoms with Crippen molar-refractivity contribution in [3.05, 3.63) is 15.9 Å². The number of nitrogens with one attached hydrogen (secondary N) is 1. The SMILES string of the molecule is Cn1nc(Br)c2c1CCNC2. The summed E-state index contributed by atoms with van der Waals surface area (Å²) in [7, 11) is 1.99. The Hall–Kier alpha value is -0.350. The van der Waals surface area contributed by atoms with E-state index in [1.807, 2.05) is 11.7 Å². The molecule has 2 heterocycles. The summed E-state index contributed by atoms with van der Waals surface area (Å²) in [6, 6.07) is 0. The third-order valence-corrected chi connectivity index (χ3v) is 2.70. The van der Waals surface area contributed by atoms with Crippen molar-refractivity contribution in [3.63, 3.8) is 0 Å². The molecule has 2 rings (SSSR count). The van der Waals surface area contributed by atoms with Gasteiger partial charge in [0.15, 0.2) is 0 Å². The Labute approximate surface area is 73.9 Å². The molecule has 4 heteroatoms. The van der Waals surface area contributed by atoms with E-state index in [0.29, 0.717) is 0 Å². The van der Waals surface area contributed by atoms with Crippen LogP contribution in [-0.2, 0) is 20.0 Å². The minimum atomic E-state index is 0.948. The Morgan fingerprint density at radius 1 is 1.64 bits per heavy atom. The van der Waals surface area contributed by atoms with Gasteiger partial charge in [0.1, 0.15) is 4.60 Å². The second-order valence-corrected chi connectivity index (χ2v) is 3.52. The number of nitrogens with zero attached hydrogens (tertiary/aromatic N) is 2. The lowest BCUT2D eigenvalue weighted by atomic mass is 10.1. The molecule has 1 aliphatic heterocycles. The number of hydrogen-bond acceptors (Lipinski definition) is 2. The van der Waals surface area contributed by atoms with Gasteiger partial charge < -0.3 is 5.32 Å². The van der Waals surface area contributed by atoms with Crippen LogP contribution in [0.5, 0.6) is 0 Å². The topological polar surface area (TPSA) is 29.9 Å². The molecule has 0 saturated carbocycles. The standard InChI is InChI=1S/C7H10BrN3/c1-11-6-2-3-9-4-5(6)7(8)10-11/h9H,2-4H2,1H3. The zero-order valence-corrected chi connectivity index (χ0v) is 7.98. The van der Waals surface area contributed by atoms with E-state index < -0.39 is 0 Å². The Bertz CT molecular complexity index is 253. The van der Waals surface area contributed by atoms with Crippen LogP contribution in [-0.4, -0.2) is 16.3 Å². The van der Waals surface area contributed by atoms with E-state index in [-0.39, 0.29) is 0 Å². The molecule has 0 aliphatic carbocycles. The molecule has 0 atom stereocenters. The second kappa shape index (κ2) is 2.60. The molecule has 0 amide bonds. The van der Waals surface area contributed by atoms with Crippen molar-refractivity contribution < 1.29 is 0 Å². The first-order valence-corrected chi connectivity index (χ1v) is 4.49. The van der Waals surface area contributed by atoms with Crippen LogP contribution in [0.25, 0.3) is 0 Å². The van der Waals surface area contributed by atoms with Crippen LogP contribution in [0.3, 0.4) is 0 Å². The van der Waals surface area contributed by atoms with E-state index in [2.05, 4.69) is 26.3 Å². The van der Waals surface area contributed by atoms with Gasteiger partial charge in [-0.05, 0) is 15.9 Å². The van der Waals surface area contributed by atoms with Gasteiger partial charge in [-0.25, -0.2) is 0 Å². The summed E-state index contributed by atoms with van der Waals surface area (Å²) in [5.74, 6) is 0. The number of fused-ring (bicyclic) bond motifs is 1. The van der Waals surface area contributed by atoms with Gasteiger partial charge in [-0.2, -0.15) is 5.10 Å². The van der Waals surface area contributed by atoms with Crippen molar-refractivity contribution in [2.75, 3.05) is 6.54 Å². The fourth-order valence-corrected chi connectivity index (χ4v) is 2.08. The number of hydrogen-bond donors (Lipinski definition) is 1. The number of aromatic nitrogens is 2. The lowest BCUT2D eigenvalue weighted by molar-refractivity contribution is 0.604. The van der Waals surface area contributed by atoms with Gasteiger partial charge in [0.25, 0.3) is 0 Å². The molecule has 0 spiro atoms. The van der Waals surface area contributed by atoms with Gasteiger partial charge in [0.2, 0.25) is 0 Å². The second-order valence-electron chi connectivity index (χ2n) is 2.77. The molecule has 60 valence electrons. The summed E-state index contributed by atoms with van der Waals surface area (Å²) >= 11 is 3.43. The molecule has 0 saturated heterocycles. The van der Waals surface area contributed by atoms with Crippen LogP contribution in [0.15, 0.2) is 4.60 Å². The molecular weight excluding hydrogens is 206 g/mol. The summed E-state index contributed by atoms with van der Waals surface area (Å²) in [5, 5.41) is 7.60. The van der Waals surface area contributed by atoms with Crippen LogP contribution in [0, 0.1) is 0 Å². The fourth-order valence-electron chi connectivity index (χ4n) is 1.47. The number of aryl methyl sites for hydroxylation is 1. The van der Waals surface area contributed by atoms with Gasteiger partial charge in [0.05, 0.1) is 0 Å². The van der Waals surface area contributed by atoms with Crippen molar-refractivity contribution >= 4 is 15.9 Å². The average Bonchev–Trinajstić information content (AvgIpc) is 2.30. The predicted molar refractivity (Wildman–Crippen MR) is 46.3 cm³/mol. The summed E-state index contributed by atoms with van der Waals surface area (Å²) in [6.45, 7) is 2.02. The van der Waals surface area contributed by atoms with E-state index >= 15 is 0 Å². The summed E-state index contributed by atoms with van der Waals surface area (Å²) in [6.07, 6.45) is 1.09. The molecule has 1 aromatic heterocycles. The highest BCUT2D eigenvalue weighted by Crippen LogP contribution is 2.21. The highest BCUT2D eigenvalue weighted by atomic mass is 79.9. The first-order valence-electron chi connectivity index (χ1n) is 3.70. The van der Waals surface area contributed by atoms with E-state index in [1.165, 1.54) is 11.3 Å². The smallest absolute Gasteiger partial charge is 0.132 e. The van der Waals surface area contributed by atoms with Gasteiger partial charge >= 0.3 is 0 Å². The maximum absolute atomic E-state index is 4.29. The van der Waals surface area contributed by atoms with E-state index in [0.717, 1.165) is 24.1 Å². The van der Waals surface area contributed by atoms with Crippen molar-refractivity contribution in [3.8, 4) is 0 Å². The monoisotopic (exact) mass is 215 g/mol. The van der Waals surface area contributed by atoms with Gasteiger partial charge in [-0.3, -0.25) is 4.68 Å². The lowest BCUT2D eigenvalue weighted by Gasteiger charge is -2.13. The lowest BCUT2D eigenvalue weighted by Crippen LogP contribution is -2.24. The van der Waals surface area contributed by atoms with Crippen LogP contribution in [0.1, 0.15) is 11.3 Å². The molecule has 3 nitrogen and oxygen atoms in total. The highest BCUT2D eigenvalue weighted by molar-refractivity contribution is 9.10. The third kappa shape index (κ3) is 1.10. The van der Waals surface area contributed by atoms with E-state index in [9.17, 15) is 0 Å². The van der Waals surface area contributed by atoms with Crippen LogP contribution in [0.2, 0.25) is 0 Å². The maximum atomic E-state index is 4.29. The summed E-state index contributed by atoms with van der Waals surface area (Å²) in [5.41, 5.74) is 2.68. The van der Waals surface area contributed by atoms with Crippen molar-refractivity contribution in [1.82, 2.24) is 15.1 Å². The third-order valence-electron chi connectivity index (χ3n) is 2.07. The maximum Gasteiger partial charge on any atom is 0.132 e. The first kappa shape index (κ1) is 7.31. The Morgan fingerprint density at radius 3 is 3.18 bits per heavy atom. The molecule has 1 N–H and O–H groups in total. The quantitative estimate of drug-likeness (QED) is 0.696. The van der Waals surface area contributed by atoms with Crippen molar-refractivity contribution in [1.29, 1.82) is 0 Å². The molecule has 11 heavy (non-hydrogen) atoms. The summed E-state index contributed by atoms with van der Waals surface area (Å²) in [4.78, 5) is 0. The Kier molecular flexibility index (Phi) is 1.73. The molecule has 0 bridgehead atoms. The first-order chi connectivity index (χ1) is 5.29. The molecule has 0 fully saturated rings. The highest BCUT2D eigenvalue weighted by Gasteiger charge is 2.16. The zero-order valence-electron chi connectivity index (χ0n) is 6.39. The van der Waals surface area contributed by atoms with Gasteiger partial charge in [0, 0.05) is 37.8 Å². The predicted octanol–water partition coefficient (Wildman–Crippen LogP) is 0.828. The average molecular weight is 216 g/mol. The fraction of sp³-hybridized carbons (Fsp3) is 0.571. The van der Waals surface area contributed by atoms with E-state index in [1.54, 1.807) is 0 Å². The van der Waals surface area contributed by atoms with Gasteiger partial charge in [-0.15, -0.1) is 0 Å². The van der Waals surface area contributed by atoms with Crippen LogP contribution >= 0.6 is 15.9 Å². The molecule has 0 radical (unpaired) electrons. The van der Waals surface area contributed by atoms with E-state index in [4.69, 9.17) is 0 Å². The van der Waals surface area contributed by atoms with Crippen LogP contribution < -0.4 is 5.32 Å². The minimum Gasteiger partial charge on any atom is -0.312 e. The Balaban J connectivity index is 2.52. The minimum absolute atomic E-state index is 0.948.